The molecule has 0 unspecified atom stereocenters. The van der Waals surface area contributed by atoms with E-state index in [-0.39, 0.29) is 36.3 Å². The Morgan fingerprint density at radius 2 is 1.61 bits per heavy atom. The van der Waals surface area contributed by atoms with Gasteiger partial charge in [0.1, 0.15) is 5.82 Å². The van der Waals surface area contributed by atoms with Gasteiger partial charge in [-0.2, -0.15) is 4.31 Å². The fourth-order valence-electron chi connectivity index (χ4n) is 2.55. The monoisotopic (exact) mass is 363 g/mol. The van der Waals surface area contributed by atoms with E-state index in [0.717, 1.165) is 12.1 Å². The fraction of sp³-hybridized carbons (Fsp3) is 0.500. The van der Waals surface area contributed by atoms with E-state index < -0.39 is 21.4 Å². The number of hydrogen-bond donors (Lipinski definition) is 1. The van der Waals surface area contributed by atoms with Gasteiger partial charge in [-0.3, -0.25) is 4.79 Å². The molecule has 1 heterocycles. The molecular weight excluding hydrogens is 345 g/mol. The molecule has 0 spiro atoms. The van der Waals surface area contributed by atoms with E-state index in [9.17, 15) is 17.6 Å². The van der Waals surface area contributed by atoms with Crippen LogP contribution in [0, 0.1) is 5.82 Å². The van der Waals surface area contributed by atoms with Crippen LogP contribution >= 0.6 is 12.4 Å². The van der Waals surface area contributed by atoms with Crippen LogP contribution in [0.15, 0.2) is 29.2 Å². The second kappa shape index (κ2) is 6.35. The van der Waals surface area contributed by atoms with E-state index in [2.05, 4.69) is 0 Å². The van der Waals surface area contributed by atoms with Crippen molar-refractivity contribution in [3.05, 3.63) is 30.1 Å². The molecule has 1 aliphatic carbocycles. The summed E-state index contributed by atoms with van der Waals surface area (Å²) in [6.07, 6.45) is 1.39. The first-order valence-corrected chi connectivity index (χ1v) is 8.61. The maximum Gasteiger partial charge on any atom is 0.243 e. The molecule has 6 nitrogen and oxygen atoms in total. The van der Waals surface area contributed by atoms with Gasteiger partial charge in [-0.15, -0.1) is 12.4 Å². The molecule has 1 aromatic carbocycles. The highest BCUT2D eigenvalue weighted by molar-refractivity contribution is 7.89. The highest BCUT2D eigenvalue weighted by Crippen LogP contribution is 2.34. The number of nitrogens with zero attached hydrogens (tertiary/aromatic N) is 2. The van der Waals surface area contributed by atoms with Crippen molar-refractivity contribution in [2.45, 2.75) is 23.3 Å². The molecule has 1 saturated carbocycles. The van der Waals surface area contributed by atoms with Gasteiger partial charge in [-0.1, -0.05) is 0 Å². The van der Waals surface area contributed by atoms with Crippen LogP contribution in [0.4, 0.5) is 4.39 Å². The smallest absolute Gasteiger partial charge is 0.243 e. The lowest BCUT2D eigenvalue weighted by molar-refractivity contribution is -0.134. The van der Waals surface area contributed by atoms with Gasteiger partial charge in [0, 0.05) is 26.2 Å². The molecule has 128 valence electrons. The number of sulfonamides is 1. The molecule has 1 aliphatic heterocycles. The number of rotatable bonds is 3. The van der Waals surface area contributed by atoms with Crippen LogP contribution in [-0.2, 0) is 14.8 Å². The predicted octanol–water partition coefficient (Wildman–Crippen LogP) is 0.572. The first-order chi connectivity index (χ1) is 10.3. The van der Waals surface area contributed by atoms with Gasteiger partial charge in [0.2, 0.25) is 15.9 Å². The highest BCUT2D eigenvalue weighted by Gasteiger charge is 2.48. The van der Waals surface area contributed by atoms with E-state index >= 15 is 0 Å². The van der Waals surface area contributed by atoms with Crippen LogP contribution in [-0.4, -0.2) is 55.2 Å². The standard InChI is InChI=1S/C14H18FN3O3S.ClH/c15-11-1-3-12(4-2-11)22(20,21)18-9-7-17(8-10-18)13(19)14(16)5-6-14;/h1-4H,5-10,16H2;1H. The van der Waals surface area contributed by atoms with Crippen LogP contribution in [0.2, 0.25) is 0 Å². The third kappa shape index (κ3) is 3.50. The quantitative estimate of drug-likeness (QED) is 0.851. The van der Waals surface area contributed by atoms with Crippen LogP contribution in [0.3, 0.4) is 0 Å². The number of hydrogen-bond acceptors (Lipinski definition) is 4. The average Bonchev–Trinajstić information content (AvgIpc) is 3.26. The normalized spacial score (nSPS) is 20.7. The summed E-state index contributed by atoms with van der Waals surface area (Å²) in [6, 6.07) is 4.75. The summed E-state index contributed by atoms with van der Waals surface area (Å²) < 4.78 is 39.1. The minimum atomic E-state index is -3.65. The van der Waals surface area contributed by atoms with Crippen LogP contribution in [0.5, 0.6) is 0 Å². The Hall–Kier alpha value is -1.22. The molecule has 2 fully saturated rings. The highest BCUT2D eigenvalue weighted by atomic mass is 35.5. The van der Waals surface area contributed by atoms with Crippen molar-refractivity contribution in [2.75, 3.05) is 26.2 Å². The maximum atomic E-state index is 12.9. The largest absolute Gasteiger partial charge is 0.338 e. The topological polar surface area (TPSA) is 83.7 Å². The molecule has 2 aliphatic rings. The molecule has 9 heteroatoms. The van der Waals surface area contributed by atoms with Crippen molar-refractivity contribution >= 4 is 28.3 Å². The van der Waals surface area contributed by atoms with Crippen molar-refractivity contribution < 1.29 is 17.6 Å². The average molecular weight is 364 g/mol. The van der Waals surface area contributed by atoms with E-state index in [4.69, 9.17) is 5.73 Å². The number of benzene rings is 1. The number of piperazine rings is 1. The van der Waals surface area contributed by atoms with Gasteiger partial charge in [-0.25, -0.2) is 12.8 Å². The maximum absolute atomic E-state index is 12.9. The summed E-state index contributed by atoms with van der Waals surface area (Å²) in [4.78, 5) is 13.8. The summed E-state index contributed by atoms with van der Waals surface area (Å²) >= 11 is 0. The zero-order chi connectivity index (χ0) is 16.0. The molecule has 0 bridgehead atoms. The zero-order valence-electron chi connectivity index (χ0n) is 12.4. The number of nitrogens with two attached hydrogens (primary N) is 1. The molecule has 1 amide bonds. The first-order valence-electron chi connectivity index (χ1n) is 7.17. The number of halogens is 2. The number of carbonyl (C=O) groups is 1. The Morgan fingerprint density at radius 3 is 2.09 bits per heavy atom. The lowest BCUT2D eigenvalue weighted by Crippen LogP contribution is -2.55. The summed E-state index contributed by atoms with van der Waals surface area (Å²) in [5.41, 5.74) is 5.16. The van der Waals surface area contributed by atoms with Crippen LogP contribution < -0.4 is 5.73 Å². The van der Waals surface area contributed by atoms with Crippen molar-refractivity contribution in [3.63, 3.8) is 0 Å². The zero-order valence-corrected chi connectivity index (χ0v) is 14.1. The van der Waals surface area contributed by atoms with E-state index in [1.54, 1.807) is 4.90 Å². The fourth-order valence-corrected chi connectivity index (χ4v) is 3.97. The van der Waals surface area contributed by atoms with Gasteiger partial charge in [0.15, 0.2) is 0 Å². The second-order valence-electron chi connectivity index (χ2n) is 5.81. The van der Waals surface area contributed by atoms with E-state index in [1.165, 1.54) is 16.4 Å². The molecule has 0 radical (unpaired) electrons. The van der Waals surface area contributed by atoms with Crippen molar-refractivity contribution in [2.24, 2.45) is 5.73 Å². The first kappa shape index (κ1) is 18.1. The molecule has 23 heavy (non-hydrogen) atoms. The van der Waals surface area contributed by atoms with Crippen molar-refractivity contribution in [1.29, 1.82) is 0 Å². The summed E-state index contributed by atoms with van der Waals surface area (Å²) in [5, 5.41) is 0. The Labute approximate surface area is 140 Å². The Balaban J connectivity index is 0.00000192. The minimum absolute atomic E-state index is 0. The summed E-state index contributed by atoms with van der Waals surface area (Å²) in [5.74, 6) is -0.571. The van der Waals surface area contributed by atoms with E-state index in [0.29, 0.717) is 25.9 Å². The van der Waals surface area contributed by atoms with Gasteiger partial charge >= 0.3 is 0 Å². The van der Waals surface area contributed by atoms with Crippen molar-refractivity contribution in [3.8, 4) is 0 Å². The van der Waals surface area contributed by atoms with Gasteiger partial charge in [0.05, 0.1) is 10.4 Å². The third-order valence-corrected chi connectivity index (χ3v) is 6.10. The molecule has 2 N–H and O–H groups in total. The lowest BCUT2D eigenvalue weighted by Gasteiger charge is -2.35. The molecule has 1 saturated heterocycles. The van der Waals surface area contributed by atoms with Crippen LogP contribution in [0.25, 0.3) is 0 Å². The molecule has 3 rings (SSSR count). The molecule has 0 atom stereocenters. The predicted molar refractivity (Wildman–Crippen MR) is 85.1 cm³/mol. The van der Waals surface area contributed by atoms with E-state index in [1.807, 2.05) is 0 Å². The SMILES string of the molecule is Cl.NC1(C(=O)N2CCN(S(=O)(=O)c3ccc(F)cc3)CC2)CC1. The number of carbonyl (C=O) groups excluding carboxylic acids is 1. The Morgan fingerprint density at radius 1 is 1.09 bits per heavy atom. The van der Waals surface area contributed by atoms with Crippen LogP contribution in [0.1, 0.15) is 12.8 Å². The Kier molecular flexibility index (Phi) is 5.00. The third-order valence-electron chi connectivity index (χ3n) is 4.19. The molecular formula is C14H19ClFN3O3S. The molecule has 1 aromatic rings. The second-order valence-corrected chi connectivity index (χ2v) is 7.74. The molecule has 0 aromatic heterocycles. The lowest BCUT2D eigenvalue weighted by atomic mass is 10.2. The van der Waals surface area contributed by atoms with Gasteiger partial charge in [0.25, 0.3) is 0 Å². The van der Waals surface area contributed by atoms with Crippen molar-refractivity contribution in [1.82, 2.24) is 9.21 Å². The summed E-state index contributed by atoms with van der Waals surface area (Å²) in [6.45, 7) is 1.11. The van der Waals surface area contributed by atoms with Gasteiger partial charge < -0.3 is 10.6 Å². The minimum Gasteiger partial charge on any atom is -0.338 e. The number of amides is 1. The Bertz CT molecular complexity index is 684. The van der Waals surface area contributed by atoms with Gasteiger partial charge in [-0.05, 0) is 37.1 Å². The summed E-state index contributed by atoms with van der Waals surface area (Å²) in [7, 11) is -3.65.